The summed E-state index contributed by atoms with van der Waals surface area (Å²) in [6.45, 7) is 6.43. The van der Waals surface area contributed by atoms with Crippen LogP contribution >= 0.6 is 0 Å². The molecule has 1 atom stereocenters. The molecule has 0 fully saturated rings. The second-order valence-electron chi connectivity index (χ2n) is 7.19. The molecule has 0 aliphatic carbocycles. The van der Waals surface area contributed by atoms with Crippen molar-refractivity contribution >= 4 is 22.8 Å². The third-order valence-corrected chi connectivity index (χ3v) is 5.17. The number of benzene rings is 2. The summed E-state index contributed by atoms with van der Waals surface area (Å²) >= 11 is 0. The molecule has 5 nitrogen and oxygen atoms in total. The van der Waals surface area contributed by atoms with Crippen molar-refractivity contribution in [3.05, 3.63) is 65.4 Å². The fourth-order valence-electron chi connectivity index (χ4n) is 3.82. The molecule has 0 radical (unpaired) electrons. The molecule has 0 saturated carbocycles. The SMILES string of the molecule is CCCCOc1ccc(C2C(C(C)=O)=C(C)Nc3nc4ccccc4n32)cc1. The van der Waals surface area contributed by atoms with E-state index in [1.54, 1.807) is 6.92 Å². The number of anilines is 1. The molecular formula is C23H25N3O2. The van der Waals surface area contributed by atoms with Crippen LogP contribution < -0.4 is 10.1 Å². The molecule has 4 rings (SSSR count). The van der Waals surface area contributed by atoms with E-state index in [0.29, 0.717) is 0 Å². The van der Waals surface area contributed by atoms with Crippen molar-refractivity contribution in [3.63, 3.8) is 0 Å². The molecule has 0 amide bonds. The highest BCUT2D eigenvalue weighted by atomic mass is 16.5. The Hall–Kier alpha value is -3.08. The standard InChI is InChI=1S/C23H25N3O2/c1-4-5-14-28-18-12-10-17(11-13-18)22-21(16(3)27)15(2)24-23-25-19-8-6-7-9-20(19)26(22)23/h6-13,22H,4-5,14H2,1-3H3,(H,24,25). The molecule has 28 heavy (non-hydrogen) atoms. The monoisotopic (exact) mass is 375 g/mol. The zero-order valence-electron chi connectivity index (χ0n) is 16.5. The third-order valence-electron chi connectivity index (χ3n) is 5.17. The quantitative estimate of drug-likeness (QED) is 0.610. The molecular weight excluding hydrogens is 350 g/mol. The average molecular weight is 375 g/mol. The van der Waals surface area contributed by atoms with Gasteiger partial charge in [-0.05, 0) is 50.1 Å². The topological polar surface area (TPSA) is 56.1 Å². The van der Waals surface area contributed by atoms with Crippen molar-refractivity contribution < 1.29 is 9.53 Å². The van der Waals surface area contributed by atoms with E-state index in [4.69, 9.17) is 9.72 Å². The van der Waals surface area contributed by atoms with Crippen LogP contribution in [-0.4, -0.2) is 21.9 Å². The van der Waals surface area contributed by atoms with Crippen molar-refractivity contribution in [2.24, 2.45) is 0 Å². The molecule has 1 aliphatic heterocycles. The van der Waals surface area contributed by atoms with Crippen molar-refractivity contribution in [1.29, 1.82) is 0 Å². The van der Waals surface area contributed by atoms with Crippen molar-refractivity contribution in [1.82, 2.24) is 9.55 Å². The maximum atomic E-state index is 12.5. The average Bonchev–Trinajstić information content (AvgIpc) is 3.05. The summed E-state index contributed by atoms with van der Waals surface area (Å²) in [4.78, 5) is 17.3. The predicted octanol–water partition coefficient (Wildman–Crippen LogP) is 5.09. The summed E-state index contributed by atoms with van der Waals surface area (Å²) in [7, 11) is 0. The first-order valence-corrected chi connectivity index (χ1v) is 9.78. The van der Waals surface area contributed by atoms with Crippen LogP contribution in [0.25, 0.3) is 11.0 Å². The van der Waals surface area contributed by atoms with E-state index in [1.807, 2.05) is 55.5 Å². The Morgan fingerprint density at radius 3 is 2.64 bits per heavy atom. The first-order valence-electron chi connectivity index (χ1n) is 9.78. The van der Waals surface area contributed by atoms with Gasteiger partial charge in [-0.2, -0.15) is 0 Å². The number of hydrogen-bond acceptors (Lipinski definition) is 4. The molecule has 2 aromatic carbocycles. The number of imidazole rings is 1. The number of rotatable bonds is 6. The van der Waals surface area contributed by atoms with Crippen LogP contribution in [0.5, 0.6) is 5.75 Å². The Labute approximate surface area is 165 Å². The Kier molecular flexibility index (Phi) is 4.90. The van der Waals surface area contributed by atoms with Gasteiger partial charge in [0.1, 0.15) is 5.75 Å². The Balaban J connectivity index is 1.80. The second kappa shape index (κ2) is 7.50. The van der Waals surface area contributed by atoms with Gasteiger partial charge in [0.05, 0.1) is 23.7 Å². The van der Waals surface area contributed by atoms with Crippen molar-refractivity contribution in [2.45, 2.75) is 39.7 Å². The number of unbranched alkanes of at least 4 members (excludes halogenated alkanes) is 1. The van der Waals surface area contributed by atoms with Crippen LogP contribution in [0.4, 0.5) is 5.95 Å². The summed E-state index contributed by atoms with van der Waals surface area (Å²) in [6, 6.07) is 15.9. The number of para-hydroxylation sites is 2. The lowest BCUT2D eigenvalue weighted by Gasteiger charge is -2.30. The normalized spacial score (nSPS) is 16.0. The highest BCUT2D eigenvalue weighted by molar-refractivity contribution is 5.97. The number of nitrogens with zero attached hydrogens (tertiary/aromatic N) is 2. The molecule has 3 aromatic rings. The maximum absolute atomic E-state index is 12.5. The van der Waals surface area contributed by atoms with E-state index >= 15 is 0 Å². The molecule has 2 heterocycles. The summed E-state index contributed by atoms with van der Waals surface area (Å²) in [5.41, 5.74) is 4.56. The molecule has 0 spiro atoms. The van der Waals surface area contributed by atoms with Crippen LogP contribution in [-0.2, 0) is 4.79 Å². The van der Waals surface area contributed by atoms with E-state index in [9.17, 15) is 4.79 Å². The Morgan fingerprint density at radius 1 is 1.18 bits per heavy atom. The molecule has 1 aliphatic rings. The largest absolute Gasteiger partial charge is 0.494 e. The van der Waals surface area contributed by atoms with E-state index in [-0.39, 0.29) is 11.8 Å². The lowest BCUT2D eigenvalue weighted by atomic mass is 9.92. The van der Waals surface area contributed by atoms with E-state index < -0.39 is 0 Å². The van der Waals surface area contributed by atoms with Gasteiger partial charge in [-0.1, -0.05) is 37.6 Å². The van der Waals surface area contributed by atoms with Crippen LogP contribution in [0, 0.1) is 0 Å². The number of ketones is 1. The summed E-state index contributed by atoms with van der Waals surface area (Å²) in [5.74, 6) is 1.67. The number of nitrogens with one attached hydrogen (secondary N) is 1. The molecule has 1 unspecified atom stereocenters. The van der Waals surface area contributed by atoms with Gasteiger partial charge in [-0.3, -0.25) is 9.36 Å². The van der Waals surface area contributed by atoms with Crippen LogP contribution in [0.2, 0.25) is 0 Å². The summed E-state index contributed by atoms with van der Waals surface area (Å²) in [6.07, 6.45) is 2.15. The number of aromatic nitrogens is 2. The number of Topliss-reactive ketones (excluding diaryl/α,β-unsaturated/α-hetero) is 1. The van der Waals surface area contributed by atoms with E-state index in [0.717, 1.165) is 59.0 Å². The number of ether oxygens (including phenoxy) is 1. The van der Waals surface area contributed by atoms with Gasteiger partial charge >= 0.3 is 0 Å². The van der Waals surface area contributed by atoms with Gasteiger partial charge in [0.2, 0.25) is 5.95 Å². The minimum absolute atomic E-state index is 0.0571. The first kappa shape index (κ1) is 18.3. The molecule has 0 saturated heterocycles. The fourth-order valence-corrected chi connectivity index (χ4v) is 3.82. The molecule has 1 N–H and O–H groups in total. The number of carbonyl (C=O) groups is 1. The van der Waals surface area contributed by atoms with Crippen molar-refractivity contribution in [3.8, 4) is 5.75 Å². The third kappa shape index (κ3) is 3.17. The molecule has 144 valence electrons. The first-order chi connectivity index (χ1) is 13.6. The molecule has 1 aromatic heterocycles. The van der Waals surface area contributed by atoms with Gasteiger partial charge in [0.15, 0.2) is 5.78 Å². The predicted molar refractivity (Wildman–Crippen MR) is 112 cm³/mol. The number of carbonyl (C=O) groups excluding carboxylic acids is 1. The van der Waals surface area contributed by atoms with Gasteiger partial charge < -0.3 is 10.1 Å². The highest BCUT2D eigenvalue weighted by Crippen LogP contribution is 2.39. The van der Waals surface area contributed by atoms with Crippen LogP contribution in [0.1, 0.15) is 45.2 Å². The zero-order chi connectivity index (χ0) is 19.7. The second-order valence-corrected chi connectivity index (χ2v) is 7.19. The summed E-state index contributed by atoms with van der Waals surface area (Å²) < 4.78 is 7.92. The van der Waals surface area contributed by atoms with E-state index in [1.165, 1.54) is 0 Å². The number of allylic oxidation sites excluding steroid dienone is 2. The molecule has 0 bridgehead atoms. The van der Waals surface area contributed by atoms with Gasteiger partial charge in [0, 0.05) is 11.3 Å². The fraction of sp³-hybridized carbons (Fsp3) is 0.304. The summed E-state index contributed by atoms with van der Waals surface area (Å²) in [5, 5.41) is 3.31. The zero-order valence-corrected chi connectivity index (χ0v) is 16.5. The van der Waals surface area contributed by atoms with Gasteiger partial charge in [-0.25, -0.2) is 4.98 Å². The minimum Gasteiger partial charge on any atom is -0.494 e. The van der Waals surface area contributed by atoms with E-state index in [2.05, 4.69) is 16.8 Å². The smallest absolute Gasteiger partial charge is 0.209 e. The minimum atomic E-state index is -0.217. The lowest BCUT2D eigenvalue weighted by Crippen LogP contribution is -2.26. The lowest BCUT2D eigenvalue weighted by molar-refractivity contribution is -0.114. The maximum Gasteiger partial charge on any atom is 0.209 e. The number of fused-ring (bicyclic) bond motifs is 3. The highest BCUT2D eigenvalue weighted by Gasteiger charge is 2.32. The Morgan fingerprint density at radius 2 is 1.93 bits per heavy atom. The Bertz CT molecular complexity index is 1050. The van der Waals surface area contributed by atoms with Gasteiger partial charge in [-0.15, -0.1) is 0 Å². The van der Waals surface area contributed by atoms with Crippen LogP contribution in [0.3, 0.4) is 0 Å². The van der Waals surface area contributed by atoms with Gasteiger partial charge in [0.25, 0.3) is 0 Å². The molecule has 5 heteroatoms. The number of hydrogen-bond donors (Lipinski definition) is 1. The van der Waals surface area contributed by atoms with Crippen molar-refractivity contribution in [2.75, 3.05) is 11.9 Å². The van der Waals surface area contributed by atoms with Crippen LogP contribution in [0.15, 0.2) is 59.8 Å².